The third-order valence-corrected chi connectivity index (χ3v) is 3.79. The first kappa shape index (κ1) is 18.7. The Morgan fingerprint density at radius 2 is 2.04 bits per heavy atom. The Hall–Kier alpha value is -2.67. The van der Waals surface area contributed by atoms with Gasteiger partial charge in [-0.3, -0.25) is 0 Å². The van der Waals surface area contributed by atoms with E-state index in [-0.39, 0.29) is 6.03 Å². The van der Waals surface area contributed by atoms with E-state index in [2.05, 4.69) is 10.6 Å². The molecule has 0 radical (unpaired) electrons. The molecule has 0 spiro atoms. The van der Waals surface area contributed by atoms with Crippen LogP contribution in [-0.4, -0.2) is 31.9 Å². The minimum atomic E-state index is -0.691. The quantitative estimate of drug-likeness (QED) is 0.715. The van der Waals surface area contributed by atoms with Gasteiger partial charge in [0.25, 0.3) is 0 Å². The molecule has 7 heteroatoms. The van der Waals surface area contributed by atoms with Crippen LogP contribution in [-0.2, 0) is 0 Å². The van der Waals surface area contributed by atoms with Crippen LogP contribution in [0.2, 0.25) is 0 Å². The second kappa shape index (κ2) is 8.43. The number of aliphatic hydroxyl groups excluding tert-OH is 1. The third kappa shape index (κ3) is 4.67. The summed E-state index contributed by atoms with van der Waals surface area (Å²) >= 11 is 0. The molecule has 0 saturated carbocycles. The monoisotopic (exact) mass is 348 g/mol. The number of methoxy groups -OCH3 is 2. The van der Waals surface area contributed by atoms with Gasteiger partial charge in [0.15, 0.2) is 11.5 Å². The predicted octanol–water partition coefficient (Wildman–Crippen LogP) is 3.16. The number of benzene rings is 1. The van der Waals surface area contributed by atoms with Gasteiger partial charge in [-0.05, 0) is 38.5 Å². The van der Waals surface area contributed by atoms with E-state index in [1.54, 1.807) is 31.2 Å². The second-order valence-corrected chi connectivity index (χ2v) is 5.60. The highest BCUT2D eigenvalue weighted by Gasteiger charge is 2.15. The highest BCUT2D eigenvalue weighted by molar-refractivity contribution is 5.91. The topological polar surface area (TPSA) is 93.0 Å². The molecule has 2 amide bonds. The van der Waals surface area contributed by atoms with Gasteiger partial charge in [-0.25, -0.2) is 4.79 Å². The number of furan rings is 1. The van der Waals surface area contributed by atoms with Crippen molar-refractivity contribution in [2.24, 2.45) is 0 Å². The number of carbonyl (C=O) groups is 1. The number of ether oxygens (including phenoxy) is 2. The average Bonchev–Trinajstić information content (AvgIpc) is 2.92. The number of aliphatic hydroxyl groups is 1. The van der Waals surface area contributed by atoms with Gasteiger partial charge in [-0.15, -0.1) is 0 Å². The Bertz CT molecular complexity index is 726. The number of para-hydroxylation sites is 1. The molecule has 1 aromatic heterocycles. The molecular weight excluding hydrogens is 324 g/mol. The molecule has 0 fully saturated rings. The fraction of sp³-hybridized carbons (Fsp3) is 0.389. The zero-order valence-electron chi connectivity index (χ0n) is 14.9. The van der Waals surface area contributed by atoms with Crippen molar-refractivity contribution in [2.45, 2.75) is 26.4 Å². The second-order valence-electron chi connectivity index (χ2n) is 5.60. The molecule has 25 heavy (non-hydrogen) atoms. The lowest BCUT2D eigenvalue weighted by Crippen LogP contribution is -2.30. The van der Waals surface area contributed by atoms with E-state index in [9.17, 15) is 9.90 Å². The van der Waals surface area contributed by atoms with Crippen LogP contribution in [0.5, 0.6) is 11.5 Å². The number of carbonyl (C=O) groups excluding carboxylic acids is 1. The maximum absolute atomic E-state index is 12.1. The Balaban J connectivity index is 1.88. The van der Waals surface area contributed by atoms with E-state index in [0.717, 1.165) is 11.3 Å². The van der Waals surface area contributed by atoms with Crippen molar-refractivity contribution >= 4 is 11.7 Å². The summed E-state index contributed by atoms with van der Waals surface area (Å²) < 4.78 is 15.9. The van der Waals surface area contributed by atoms with E-state index in [1.165, 1.54) is 14.2 Å². The molecule has 0 aliphatic heterocycles. The van der Waals surface area contributed by atoms with E-state index in [0.29, 0.717) is 35.9 Å². The van der Waals surface area contributed by atoms with Crippen LogP contribution in [0.3, 0.4) is 0 Å². The van der Waals surface area contributed by atoms with Crippen molar-refractivity contribution in [1.29, 1.82) is 0 Å². The molecule has 136 valence electrons. The molecule has 2 aromatic rings. The molecule has 0 aliphatic rings. The van der Waals surface area contributed by atoms with Gasteiger partial charge in [0.2, 0.25) is 0 Å². The maximum Gasteiger partial charge on any atom is 0.319 e. The van der Waals surface area contributed by atoms with Crippen LogP contribution in [0.15, 0.2) is 28.7 Å². The molecule has 1 unspecified atom stereocenters. The Morgan fingerprint density at radius 1 is 1.28 bits per heavy atom. The van der Waals surface area contributed by atoms with E-state index < -0.39 is 6.10 Å². The Morgan fingerprint density at radius 3 is 2.64 bits per heavy atom. The molecule has 0 aliphatic carbocycles. The van der Waals surface area contributed by atoms with Crippen LogP contribution in [0.1, 0.15) is 29.6 Å². The SMILES string of the molecule is COc1cccc(NC(=O)NCCC(O)c2cc(C)oc2C)c1OC. The number of nitrogens with one attached hydrogen (secondary N) is 2. The molecular formula is C18H24N2O5. The smallest absolute Gasteiger partial charge is 0.319 e. The predicted molar refractivity (Wildman–Crippen MR) is 94.3 cm³/mol. The summed E-state index contributed by atoms with van der Waals surface area (Å²) in [6.07, 6.45) is -0.313. The summed E-state index contributed by atoms with van der Waals surface area (Å²) in [4.78, 5) is 12.1. The van der Waals surface area contributed by atoms with Crippen molar-refractivity contribution in [3.63, 3.8) is 0 Å². The summed E-state index contributed by atoms with van der Waals surface area (Å²) in [7, 11) is 3.04. The Kier molecular flexibility index (Phi) is 6.30. The van der Waals surface area contributed by atoms with E-state index in [4.69, 9.17) is 13.9 Å². The summed E-state index contributed by atoms with van der Waals surface area (Å²) in [6, 6.07) is 6.63. The van der Waals surface area contributed by atoms with Gasteiger partial charge >= 0.3 is 6.03 Å². The molecule has 0 bridgehead atoms. The average molecular weight is 348 g/mol. The first-order valence-electron chi connectivity index (χ1n) is 7.97. The zero-order chi connectivity index (χ0) is 18.4. The molecule has 3 N–H and O–H groups in total. The first-order valence-corrected chi connectivity index (χ1v) is 7.97. The fourth-order valence-corrected chi connectivity index (χ4v) is 2.61. The highest BCUT2D eigenvalue weighted by Crippen LogP contribution is 2.34. The maximum atomic E-state index is 12.1. The summed E-state index contributed by atoms with van der Waals surface area (Å²) in [5.74, 6) is 2.42. The number of hydrogen-bond donors (Lipinski definition) is 3. The Labute approximate surface area is 146 Å². The number of anilines is 1. The number of urea groups is 1. The zero-order valence-corrected chi connectivity index (χ0v) is 14.9. The van der Waals surface area contributed by atoms with Crippen LogP contribution >= 0.6 is 0 Å². The highest BCUT2D eigenvalue weighted by atomic mass is 16.5. The third-order valence-electron chi connectivity index (χ3n) is 3.79. The van der Waals surface area contributed by atoms with Crippen LogP contribution in [0, 0.1) is 13.8 Å². The van der Waals surface area contributed by atoms with Gasteiger partial charge in [-0.2, -0.15) is 0 Å². The minimum Gasteiger partial charge on any atom is -0.493 e. The molecule has 2 rings (SSSR count). The standard InChI is InChI=1S/C18H24N2O5/c1-11-10-13(12(2)25-11)15(21)8-9-19-18(22)20-14-6-5-7-16(23-3)17(14)24-4/h5-7,10,15,21H,8-9H2,1-4H3,(H2,19,20,22). The normalized spacial score (nSPS) is 11.7. The molecule has 0 saturated heterocycles. The lowest BCUT2D eigenvalue weighted by atomic mass is 10.1. The number of amides is 2. The molecule has 7 nitrogen and oxygen atoms in total. The fourth-order valence-electron chi connectivity index (χ4n) is 2.61. The van der Waals surface area contributed by atoms with Crippen LogP contribution in [0.25, 0.3) is 0 Å². The lowest BCUT2D eigenvalue weighted by molar-refractivity contribution is 0.165. The van der Waals surface area contributed by atoms with Gasteiger partial charge in [-0.1, -0.05) is 6.07 Å². The summed E-state index contributed by atoms with van der Waals surface area (Å²) in [5, 5.41) is 15.6. The van der Waals surface area contributed by atoms with Gasteiger partial charge < -0.3 is 29.6 Å². The van der Waals surface area contributed by atoms with Gasteiger partial charge in [0.05, 0.1) is 26.0 Å². The molecule has 1 heterocycles. The van der Waals surface area contributed by atoms with Gasteiger partial charge in [0.1, 0.15) is 11.5 Å². The van der Waals surface area contributed by atoms with Crippen LogP contribution < -0.4 is 20.1 Å². The van der Waals surface area contributed by atoms with Crippen molar-refractivity contribution < 1.29 is 23.8 Å². The minimum absolute atomic E-state index is 0.308. The number of hydrogen-bond acceptors (Lipinski definition) is 5. The molecule has 1 atom stereocenters. The van der Waals surface area contributed by atoms with Crippen molar-refractivity contribution in [2.75, 3.05) is 26.1 Å². The van der Waals surface area contributed by atoms with Crippen molar-refractivity contribution in [3.8, 4) is 11.5 Å². The van der Waals surface area contributed by atoms with E-state index in [1.807, 2.05) is 6.92 Å². The molecule has 1 aromatic carbocycles. The summed E-state index contributed by atoms with van der Waals surface area (Å²) in [5.41, 5.74) is 1.25. The van der Waals surface area contributed by atoms with Gasteiger partial charge in [0, 0.05) is 12.1 Å². The number of rotatable bonds is 7. The van der Waals surface area contributed by atoms with Crippen LogP contribution in [0.4, 0.5) is 10.5 Å². The van der Waals surface area contributed by atoms with Crippen molar-refractivity contribution in [1.82, 2.24) is 5.32 Å². The van der Waals surface area contributed by atoms with E-state index >= 15 is 0 Å². The summed E-state index contributed by atoms with van der Waals surface area (Å²) in [6.45, 7) is 3.94. The van der Waals surface area contributed by atoms with Crippen molar-refractivity contribution in [3.05, 3.63) is 41.3 Å². The first-order chi connectivity index (χ1) is 12.0. The largest absolute Gasteiger partial charge is 0.493 e. The number of aryl methyl sites for hydroxylation is 2. The lowest BCUT2D eigenvalue weighted by Gasteiger charge is -2.14.